The lowest BCUT2D eigenvalue weighted by atomic mass is 9.85. The van der Waals surface area contributed by atoms with Crippen molar-refractivity contribution in [2.75, 3.05) is 19.8 Å². The van der Waals surface area contributed by atoms with Gasteiger partial charge in [-0.05, 0) is 77.0 Å². The lowest BCUT2D eigenvalue weighted by molar-refractivity contribution is -0.220. The number of hydrogen-bond acceptors (Lipinski definition) is 11. The number of carbonyl (C=O) groups excluding carboxylic acids is 1. The molecule has 60 heavy (non-hydrogen) atoms. The quantitative estimate of drug-likeness (QED) is 0.0150. The van der Waals surface area contributed by atoms with Gasteiger partial charge < -0.3 is 39.9 Å². The summed E-state index contributed by atoms with van der Waals surface area (Å²) in [5.74, 6) is -0.500. The fraction of sp³-hybridized carbons (Fsp3) is 0.723. The Morgan fingerprint density at radius 3 is 1.42 bits per heavy atom. The highest BCUT2D eigenvalue weighted by molar-refractivity contribution is 7.47. The number of unbranched alkanes of at least 4 members (excludes halogenated alkanes) is 13. The Morgan fingerprint density at radius 2 is 0.933 bits per heavy atom. The van der Waals surface area contributed by atoms with Crippen molar-refractivity contribution >= 4 is 13.8 Å². The first-order chi connectivity index (χ1) is 29.0. The number of hydrogen-bond donors (Lipinski definition) is 6. The first kappa shape index (κ1) is 55.8. The van der Waals surface area contributed by atoms with Crippen LogP contribution in [0.4, 0.5) is 0 Å². The van der Waals surface area contributed by atoms with Gasteiger partial charge in [-0.1, -0.05) is 145 Å². The molecule has 0 heterocycles. The number of esters is 1. The number of allylic oxidation sites excluding steroid dienone is 12. The topological polar surface area (TPSA) is 192 Å². The zero-order chi connectivity index (χ0) is 44.1. The molecule has 0 aromatic heterocycles. The third-order valence-corrected chi connectivity index (χ3v) is 11.1. The molecule has 0 aliphatic heterocycles. The van der Waals surface area contributed by atoms with Crippen molar-refractivity contribution in [3.8, 4) is 0 Å². The molecule has 13 heteroatoms. The fourth-order valence-electron chi connectivity index (χ4n) is 6.50. The van der Waals surface area contributed by atoms with E-state index < -0.39 is 63.1 Å². The fourth-order valence-corrected chi connectivity index (χ4v) is 7.47. The summed E-state index contributed by atoms with van der Waals surface area (Å²) >= 11 is 0. The molecule has 6 unspecified atom stereocenters. The van der Waals surface area contributed by atoms with E-state index in [1.54, 1.807) is 0 Å². The molecule has 0 radical (unpaired) electrons. The van der Waals surface area contributed by atoms with Gasteiger partial charge in [0.1, 0.15) is 42.7 Å². The summed E-state index contributed by atoms with van der Waals surface area (Å²) in [6.07, 6.45) is 35.4. The minimum Gasteiger partial charge on any atom is -0.457 e. The van der Waals surface area contributed by atoms with Crippen LogP contribution in [0.3, 0.4) is 0 Å². The van der Waals surface area contributed by atoms with E-state index in [0.29, 0.717) is 13.0 Å². The van der Waals surface area contributed by atoms with E-state index in [1.807, 2.05) is 0 Å². The molecule has 1 rings (SSSR count). The van der Waals surface area contributed by atoms with Crippen LogP contribution < -0.4 is 0 Å². The first-order valence-corrected chi connectivity index (χ1v) is 24.3. The number of aliphatic hydroxyl groups excluding tert-OH is 5. The van der Waals surface area contributed by atoms with Crippen molar-refractivity contribution in [2.45, 2.75) is 198 Å². The molecule has 12 nitrogen and oxygen atoms in total. The molecule has 346 valence electrons. The second-order valence-corrected chi connectivity index (χ2v) is 16.9. The van der Waals surface area contributed by atoms with E-state index in [2.05, 4.69) is 86.8 Å². The van der Waals surface area contributed by atoms with E-state index >= 15 is 0 Å². The molecule has 1 aliphatic rings. The standard InChI is InChI=1S/C47H81O12P/c1-3-5-7-9-11-13-15-17-19-20-21-23-25-27-29-31-33-35-37-56-38-40(39-57-60(54,55)59-47-45(52)43(50)42(49)44(51)46(47)53)58-41(48)36-34-32-30-28-26-24-22-18-16-14-12-10-8-6-4-2/h5-8,11-14,17-19,22,40,42-47,49-53H,3-4,9-10,15-16,20-21,23-39H2,1-2H3,(H,54,55)/b7-5-,8-6-,13-11-,14-12-,19-17-,22-18-. The minimum atomic E-state index is -5.03. The molecule has 0 spiro atoms. The molecule has 6 atom stereocenters. The Kier molecular flexibility index (Phi) is 34.7. The van der Waals surface area contributed by atoms with Crippen LogP contribution in [0.15, 0.2) is 72.9 Å². The molecule has 0 aromatic rings. The molecule has 1 saturated carbocycles. The highest BCUT2D eigenvalue weighted by Crippen LogP contribution is 2.47. The summed E-state index contributed by atoms with van der Waals surface area (Å²) in [7, 11) is -5.03. The first-order valence-electron chi connectivity index (χ1n) is 22.8. The average molecular weight is 869 g/mol. The molecular formula is C47H81O12P. The second-order valence-electron chi connectivity index (χ2n) is 15.5. The number of ether oxygens (including phenoxy) is 2. The van der Waals surface area contributed by atoms with Gasteiger partial charge in [-0.2, -0.15) is 0 Å². The lowest BCUT2D eigenvalue weighted by Crippen LogP contribution is -2.64. The van der Waals surface area contributed by atoms with Gasteiger partial charge in [0, 0.05) is 13.0 Å². The smallest absolute Gasteiger partial charge is 0.457 e. The molecule has 0 aromatic carbocycles. The van der Waals surface area contributed by atoms with E-state index in [4.69, 9.17) is 18.5 Å². The minimum absolute atomic E-state index is 0.0930. The summed E-state index contributed by atoms with van der Waals surface area (Å²) in [5, 5.41) is 50.2. The van der Waals surface area contributed by atoms with Crippen molar-refractivity contribution in [3.05, 3.63) is 72.9 Å². The maximum absolute atomic E-state index is 12.8. The SMILES string of the molecule is CC/C=C\C/C=C\C/C=C\CCCCCCCCCCOCC(COP(=O)(O)OC1C(O)C(O)C(O)C(O)C1O)OC(=O)CCCCCCC/C=C\C/C=C\C/C=C\CC. The van der Waals surface area contributed by atoms with Crippen LogP contribution in [0.5, 0.6) is 0 Å². The van der Waals surface area contributed by atoms with Gasteiger partial charge in [0.05, 0.1) is 13.2 Å². The number of carbonyl (C=O) groups is 1. The van der Waals surface area contributed by atoms with Crippen molar-refractivity contribution < 1.29 is 58.3 Å². The van der Waals surface area contributed by atoms with Crippen molar-refractivity contribution in [3.63, 3.8) is 0 Å². The van der Waals surface area contributed by atoms with Gasteiger partial charge in [0.15, 0.2) is 0 Å². The maximum atomic E-state index is 12.8. The Balaban J connectivity index is 2.42. The van der Waals surface area contributed by atoms with Crippen LogP contribution in [-0.4, -0.2) is 98.9 Å². The van der Waals surface area contributed by atoms with Gasteiger partial charge in [-0.25, -0.2) is 4.57 Å². The zero-order valence-electron chi connectivity index (χ0n) is 36.7. The molecular weight excluding hydrogens is 787 g/mol. The van der Waals surface area contributed by atoms with E-state index in [1.165, 1.54) is 25.7 Å². The molecule has 0 amide bonds. The Labute approximate surface area is 361 Å². The number of aliphatic hydroxyl groups is 5. The molecule has 0 saturated heterocycles. The number of rotatable bonds is 37. The molecule has 0 bridgehead atoms. The third-order valence-electron chi connectivity index (χ3n) is 10.1. The monoisotopic (exact) mass is 869 g/mol. The average Bonchev–Trinajstić information content (AvgIpc) is 3.23. The van der Waals surface area contributed by atoms with Crippen molar-refractivity contribution in [1.82, 2.24) is 0 Å². The zero-order valence-corrected chi connectivity index (χ0v) is 37.6. The van der Waals surface area contributed by atoms with Crippen LogP contribution in [0, 0.1) is 0 Å². The van der Waals surface area contributed by atoms with Crippen molar-refractivity contribution in [2.24, 2.45) is 0 Å². The van der Waals surface area contributed by atoms with Gasteiger partial charge in [0.25, 0.3) is 0 Å². The molecule has 1 aliphatic carbocycles. The van der Waals surface area contributed by atoms with Gasteiger partial charge in [-0.15, -0.1) is 0 Å². The van der Waals surface area contributed by atoms with E-state index in [9.17, 15) is 39.8 Å². The van der Waals surface area contributed by atoms with Crippen molar-refractivity contribution in [1.29, 1.82) is 0 Å². The molecule has 6 N–H and O–H groups in total. The highest BCUT2D eigenvalue weighted by Gasteiger charge is 2.51. The number of phosphoric acid groups is 1. The second kappa shape index (κ2) is 37.3. The summed E-state index contributed by atoms with van der Waals surface area (Å²) in [6.45, 7) is 3.99. The highest BCUT2D eigenvalue weighted by atomic mass is 31.2. The largest absolute Gasteiger partial charge is 0.472 e. The maximum Gasteiger partial charge on any atom is 0.472 e. The van der Waals surface area contributed by atoms with Crippen LogP contribution in [-0.2, 0) is 27.9 Å². The summed E-state index contributed by atoms with van der Waals surface area (Å²) < 4.78 is 34.2. The van der Waals surface area contributed by atoms with Gasteiger partial charge in [-0.3, -0.25) is 13.8 Å². The lowest BCUT2D eigenvalue weighted by Gasteiger charge is -2.41. The summed E-state index contributed by atoms with van der Waals surface area (Å²) in [4.78, 5) is 23.1. The Bertz CT molecular complexity index is 1260. The van der Waals surface area contributed by atoms with E-state index in [0.717, 1.165) is 103 Å². The van der Waals surface area contributed by atoms with Gasteiger partial charge >= 0.3 is 13.8 Å². The van der Waals surface area contributed by atoms with Crippen LogP contribution in [0.2, 0.25) is 0 Å². The number of phosphoric ester groups is 1. The summed E-state index contributed by atoms with van der Waals surface area (Å²) in [5.41, 5.74) is 0. The Hall–Kier alpha value is -2.22. The summed E-state index contributed by atoms with van der Waals surface area (Å²) in [6, 6.07) is 0. The normalized spacial score (nSPS) is 23.0. The predicted octanol–water partition coefficient (Wildman–Crippen LogP) is 9.19. The Morgan fingerprint density at radius 1 is 0.533 bits per heavy atom. The molecule has 1 fully saturated rings. The predicted molar refractivity (Wildman–Crippen MR) is 239 cm³/mol. The van der Waals surface area contributed by atoms with Gasteiger partial charge in [0.2, 0.25) is 0 Å². The van der Waals surface area contributed by atoms with E-state index in [-0.39, 0.29) is 13.0 Å². The van der Waals surface area contributed by atoms with Crippen LogP contribution in [0.25, 0.3) is 0 Å². The third kappa shape index (κ3) is 29.1. The van der Waals surface area contributed by atoms with Crippen LogP contribution in [0.1, 0.15) is 155 Å². The van der Waals surface area contributed by atoms with Crippen LogP contribution >= 0.6 is 7.82 Å².